The highest BCUT2D eigenvalue weighted by molar-refractivity contribution is 5.98. The minimum absolute atomic E-state index is 0.00222. The number of ether oxygens (including phenoxy) is 1. The first-order valence-electron chi connectivity index (χ1n) is 4.50. The molecule has 1 heterocycles. The van der Waals surface area contributed by atoms with Gasteiger partial charge in [0.1, 0.15) is 0 Å². The summed E-state index contributed by atoms with van der Waals surface area (Å²) in [4.78, 5) is 11.7. The van der Waals surface area contributed by atoms with Gasteiger partial charge in [-0.3, -0.25) is 4.79 Å². The van der Waals surface area contributed by atoms with Gasteiger partial charge in [-0.1, -0.05) is 37.3 Å². The van der Waals surface area contributed by atoms with E-state index in [0.717, 1.165) is 12.2 Å². The highest BCUT2D eigenvalue weighted by Crippen LogP contribution is 2.23. The maximum absolute atomic E-state index is 11.7. The Morgan fingerprint density at radius 3 is 2.62 bits per heavy atom. The summed E-state index contributed by atoms with van der Waals surface area (Å²) in [5.41, 5.74) is 0.783. The Hall–Kier alpha value is -1.15. The number of benzene rings is 1. The van der Waals surface area contributed by atoms with Crippen molar-refractivity contribution in [3.05, 3.63) is 35.9 Å². The second-order valence-corrected chi connectivity index (χ2v) is 3.39. The van der Waals surface area contributed by atoms with Crippen molar-refractivity contribution in [2.45, 2.75) is 13.0 Å². The number of ketones is 1. The first kappa shape index (κ1) is 8.45. The van der Waals surface area contributed by atoms with Crippen molar-refractivity contribution in [1.29, 1.82) is 0 Å². The van der Waals surface area contributed by atoms with Gasteiger partial charge in [-0.05, 0) is 0 Å². The van der Waals surface area contributed by atoms with Crippen molar-refractivity contribution in [3.8, 4) is 0 Å². The summed E-state index contributed by atoms with van der Waals surface area (Å²) < 4.78 is 5.09. The molecule has 0 N–H and O–H groups in total. The quantitative estimate of drug-likeness (QED) is 0.520. The van der Waals surface area contributed by atoms with Crippen LogP contribution in [0.25, 0.3) is 0 Å². The molecule has 1 saturated heterocycles. The normalized spacial score (nSPS) is 22.4. The van der Waals surface area contributed by atoms with Crippen LogP contribution in [0, 0.1) is 5.92 Å². The standard InChI is InChI=1S/C11H12O2/c1-8(10-7-13-10)11(12)9-5-3-2-4-6-9/h2-6,8,10H,7H2,1H3/t8-,10-/m0/s1. The molecule has 2 rings (SSSR count). The van der Waals surface area contributed by atoms with Gasteiger partial charge in [0, 0.05) is 11.5 Å². The smallest absolute Gasteiger partial charge is 0.168 e. The molecule has 1 fully saturated rings. The molecule has 2 heteroatoms. The van der Waals surface area contributed by atoms with Gasteiger partial charge in [0.15, 0.2) is 5.78 Å². The van der Waals surface area contributed by atoms with E-state index in [1.807, 2.05) is 37.3 Å². The fraction of sp³-hybridized carbons (Fsp3) is 0.364. The van der Waals surface area contributed by atoms with Crippen molar-refractivity contribution in [2.75, 3.05) is 6.61 Å². The van der Waals surface area contributed by atoms with Crippen LogP contribution in [0.1, 0.15) is 17.3 Å². The van der Waals surface area contributed by atoms with E-state index in [1.54, 1.807) is 0 Å². The van der Waals surface area contributed by atoms with Crippen molar-refractivity contribution in [1.82, 2.24) is 0 Å². The van der Waals surface area contributed by atoms with Crippen LogP contribution in [-0.2, 0) is 4.74 Å². The predicted octanol–water partition coefficient (Wildman–Crippen LogP) is 1.90. The fourth-order valence-electron chi connectivity index (χ4n) is 1.38. The summed E-state index contributed by atoms with van der Waals surface area (Å²) in [6, 6.07) is 9.37. The lowest BCUT2D eigenvalue weighted by atomic mass is 9.97. The Morgan fingerprint density at radius 2 is 2.08 bits per heavy atom. The number of carbonyl (C=O) groups excluding carboxylic acids is 1. The number of hydrogen-bond acceptors (Lipinski definition) is 2. The third-order valence-electron chi connectivity index (χ3n) is 2.39. The van der Waals surface area contributed by atoms with Crippen molar-refractivity contribution in [2.24, 2.45) is 5.92 Å². The van der Waals surface area contributed by atoms with Crippen molar-refractivity contribution >= 4 is 5.78 Å². The molecule has 0 amide bonds. The number of epoxide rings is 1. The SMILES string of the molecule is C[C@H](C(=O)c1ccccc1)[C@@H]1CO1. The van der Waals surface area contributed by atoms with E-state index in [1.165, 1.54) is 0 Å². The van der Waals surface area contributed by atoms with Gasteiger partial charge < -0.3 is 4.74 Å². The third kappa shape index (κ3) is 1.78. The molecule has 1 aromatic carbocycles. The summed E-state index contributed by atoms with van der Waals surface area (Å²) in [7, 11) is 0. The van der Waals surface area contributed by atoms with E-state index in [-0.39, 0.29) is 17.8 Å². The maximum Gasteiger partial charge on any atom is 0.168 e. The van der Waals surface area contributed by atoms with Crippen LogP contribution in [0.15, 0.2) is 30.3 Å². The maximum atomic E-state index is 11.7. The van der Waals surface area contributed by atoms with Crippen LogP contribution < -0.4 is 0 Å². The number of Topliss-reactive ketones (excluding diaryl/α,β-unsaturated/α-hetero) is 1. The third-order valence-corrected chi connectivity index (χ3v) is 2.39. The molecular formula is C11H12O2. The van der Waals surface area contributed by atoms with Crippen LogP contribution in [0.2, 0.25) is 0 Å². The van der Waals surface area contributed by atoms with Gasteiger partial charge in [0.2, 0.25) is 0 Å². The molecule has 0 radical (unpaired) electrons. The van der Waals surface area contributed by atoms with Gasteiger partial charge >= 0.3 is 0 Å². The first-order valence-corrected chi connectivity index (χ1v) is 4.50. The van der Waals surface area contributed by atoms with Gasteiger partial charge in [-0.2, -0.15) is 0 Å². The van der Waals surface area contributed by atoms with E-state index in [9.17, 15) is 4.79 Å². The van der Waals surface area contributed by atoms with Crippen LogP contribution in [0.4, 0.5) is 0 Å². The van der Waals surface area contributed by atoms with Crippen LogP contribution in [0.3, 0.4) is 0 Å². The van der Waals surface area contributed by atoms with E-state index in [2.05, 4.69) is 0 Å². The van der Waals surface area contributed by atoms with E-state index in [0.29, 0.717) is 0 Å². The summed E-state index contributed by atoms with van der Waals surface area (Å²) in [5, 5.41) is 0. The lowest BCUT2D eigenvalue weighted by molar-refractivity contribution is 0.0909. The molecule has 2 atom stereocenters. The van der Waals surface area contributed by atoms with Gasteiger partial charge in [0.25, 0.3) is 0 Å². The highest BCUT2D eigenvalue weighted by Gasteiger charge is 2.34. The second kappa shape index (κ2) is 3.30. The molecule has 0 aromatic heterocycles. The van der Waals surface area contributed by atoms with Crippen molar-refractivity contribution in [3.63, 3.8) is 0 Å². The fourth-order valence-corrected chi connectivity index (χ4v) is 1.38. The molecule has 0 saturated carbocycles. The lowest BCUT2D eigenvalue weighted by Gasteiger charge is -2.05. The van der Waals surface area contributed by atoms with Gasteiger partial charge in [-0.25, -0.2) is 0 Å². The second-order valence-electron chi connectivity index (χ2n) is 3.39. The topological polar surface area (TPSA) is 29.6 Å². The molecule has 68 valence electrons. The number of rotatable bonds is 3. The van der Waals surface area contributed by atoms with Crippen LogP contribution in [0.5, 0.6) is 0 Å². The van der Waals surface area contributed by atoms with Crippen molar-refractivity contribution < 1.29 is 9.53 Å². The Bertz CT molecular complexity index is 301. The van der Waals surface area contributed by atoms with E-state index < -0.39 is 0 Å². The van der Waals surface area contributed by atoms with E-state index in [4.69, 9.17) is 4.74 Å². The highest BCUT2D eigenvalue weighted by atomic mass is 16.6. The number of hydrogen-bond donors (Lipinski definition) is 0. The molecule has 2 nitrogen and oxygen atoms in total. The zero-order valence-corrected chi connectivity index (χ0v) is 7.57. The van der Waals surface area contributed by atoms with Crippen LogP contribution >= 0.6 is 0 Å². The molecule has 0 unspecified atom stereocenters. The Morgan fingerprint density at radius 1 is 1.46 bits per heavy atom. The molecule has 13 heavy (non-hydrogen) atoms. The van der Waals surface area contributed by atoms with Crippen LogP contribution in [-0.4, -0.2) is 18.5 Å². The summed E-state index contributed by atoms with van der Waals surface area (Å²) >= 11 is 0. The molecule has 1 aromatic rings. The molecule has 0 spiro atoms. The predicted molar refractivity (Wildman–Crippen MR) is 49.7 cm³/mol. The molecule has 0 bridgehead atoms. The summed E-state index contributed by atoms with van der Waals surface area (Å²) in [6.45, 7) is 2.66. The minimum atomic E-state index is 0.00222. The zero-order valence-electron chi connectivity index (χ0n) is 7.57. The number of carbonyl (C=O) groups is 1. The van der Waals surface area contributed by atoms with E-state index >= 15 is 0 Å². The molecule has 0 aliphatic carbocycles. The Balaban J connectivity index is 2.12. The lowest BCUT2D eigenvalue weighted by Crippen LogP contribution is -2.16. The molecule has 1 aliphatic rings. The van der Waals surface area contributed by atoms with Gasteiger partial charge in [0.05, 0.1) is 12.7 Å². The average Bonchev–Trinajstić information content (AvgIpc) is 3.00. The largest absolute Gasteiger partial charge is 0.372 e. The monoisotopic (exact) mass is 176 g/mol. The average molecular weight is 176 g/mol. The Labute approximate surface area is 77.5 Å². The summed E-state index contributed by atoms with van der Waals surface area (Å²) in [6.07, 6.45) is 0.160. The molecular weight excluding hydrogens is 164 g/mol. The van der Waals surface area contributed by atoms with Gasteiger partial charge in [-0.15, -0.1) is 0 Å². The first-order chi connectivity index (χ1) is 6.29. The Kier molecular flexibility index (Phi) is 2.15. The summed E-state index contributed by atoms with van der Waals surface area (Å²) in [5.74, 6) is 0.186. The zero-order chi connectivity index (χ0) is 9.26. The molecule has 1 aliphatic heterocycles. The minimum Gasteiger partial charge on any atom is -0.372 e.